The van der Waals surface area contributed by atoms with Crippen LogP contribution in [-0.2, 0) is 0 Å². The van der Waals surface area contributed by atoms with Crippen molar-refractivity contribution in [3.8, 4) is 29.0 Å². The predicted octanol–water partition coefficient (Wildman–Crippen LogP) is 5.35. The van der Waals surface area contributed by atoms with Crippen molar-refractivity contribution in [1.82, 2.24) is 4.57 Å². The molecule has 6 nitrogen and oxygen atoms in total. The fourth-order valence-electron chi connectivity index (χ4n) is 3.10. The van der Waals surface area contributed by atoms with Crippen LogP contribution in [0.25, 0.3) is 5.69 Å². The van der Waals surface area contributed by atoms with Crippen molar-refractivity contribution in [2.24, 2.45) is 4.99 Å². The Labute approximate surface area is 195 Å². The number of hydrogen-bond donors (Lipinski definition) is 0. The summed E-state index contributed by atoms with van der Waals surface area (Å²) in [5.74, 6) is 4.49. The number of fused-ring (bicyclic) bond motifs is 1. The van der Waals surface area contributed by atoms with Crippen molar-refractivity contribution in [2.45, 2.75) is 26.1 Å². The highest BCUT2D eigenvalue weighted by Crippen LogP contribution is 2.47. The minimum Gasteiger partial charge on any atom is -0.421 e. The molecule has 0 N–H and O–H groups in total. The van der Waals surface area contributed by atoms with Gasteiger partial charge in [-0.2, -0.15) is 22.6 Å². The summed E-state index contributed by atoms with van der Waals surface area (Å²) in [5.41, 5.74) is 0.861. The van der Waals surface area contributed by atoms with Crippen LogP contribution in [0.5, 0.6) is 11.5 Å². The Hall–Kier alpha value is -3.78. The number of rotatable bonds is 3. The van der Waals surface area contributed by atoms with E-state index in [-0.39, 0.29) is 17.0 Å². The molecule has 2 amide bonds. The first-order chi connectivity index (χ1) is 16.1. The van der Waals surface area contributed by atoms with E-state index in [9.17, 15) is 22.4 Å². The van der Waals surface area contributed by atoms with Gasteiger partial charge in [-0.3, -0.25) is 9.47 Å². The first-order valence-corrected chi connectivity index (χ1v) is 10.7. The Morgan fingerprint density at radius 1 is 1.09 bits per heavy atom. The largest absolute Gasteiger partial charge is 0.507 e. The van der Waals surface area contributed by atoms with Crippen LogP contribution in [0.4, 0.5) is 28.0 Å². The van der Waals surface area contributed by atoms with Crippen molar-refractivity contribution < 1.29 is 31.8 Å². The number of urea groups is 1. The number of carbonyl (C=O) groups is 1. The number of para-hydroxylation sites is 1. The van der Waals surface area contributed by atoms with Crippen molar-refractivity contribution in [3.63, 3.8) is 0 Å². The molecule has 2 aromatic carbocycles. The van der Waals surface area contributed by atoms with Crippen molar-refractivity contribution in [2.75, 3.05) is 11.4 Å². The molecule has 1 aliphatic rings. The number of amides is 2. The Morgan fingerprint density at radius 3 is 2.44 bits per heavy atom. The summed E-state index contributed by atoms with van der Waals surface area (Å²) < 4.78 is 63.9. The smallest absolute Gasteiger partial charge is 0.421 e. The fourth-order valence-corrected chi connectivity index (χ4v) is 3.93. The molecule has 0 atom stereocenters. The third-order valence-electron chi connectivity index (χ3n) is 4.69. The predicted molar refractivity (Wildman–Crippen MR) is 118 cm³/mol. The summed E-state index contributed by atoms with van der Waals surface area (Å²) in [6.45, 7) is 3.54. The molecule has 0 spiro atoms. The second kappa shape index (κ2) is 8.87. The molecular weight excluding hydrogens is 474 g/mol. The molecular formula is C23H17F4N3O3S. The number of aryl methyl sites for hydroxylation is 1. The standard InChI is InChI=1S/C23H17F4N3O3S/c1-3-4-12-29(16-8-6-5-7-9-16)20(31)28-21-30(14-15(2)34-21)17-10-11-18-19(13-17)33-23(26,27)22(24,25)32-18/h5-11,13-14H,12H2,1-2H3/b28-21-. The van der Waals surface area contributed by atoms with Gasteiger partial charge in [0.2, 0.25) is 0 Å². The van der Waals surface area contributed by atoms with Crippen LogP contribution < -0.4 is 19.2 Å². The first-order valence-electron chi connectivity index (χ1n) is 9.89. The maximum atomic E-state index is 13.6. The molecule has 0 saturated carbocycles. The van der Waals surface area contributed by atoms with Gasteiger partial charge in [-0.1, -0.05) is 24.1 Å². The number of hydrogen-bond acceptors (Lipinski definition) is 4. The lowest BCUT2D eigenvalue weighted by Crippen LogP contribution is -2.52. The molecule has 0 saturated heterocycles. The molecule has 1 aliphatic heterocycles. The topological polar surface area (TPSA) is 56.1 Å². The van der Waals surface area contributed by atoms with E-state index in [1.54, 1.807) is 44.3 Å². The summed E-state index contributed by atoms with van der Waals surface area (Å²) in [4.78, 5) is 19.7. The zero-order valence-corrected chi connectivity index (χ0v) is 18.7. The number of halogens is 4. The Balaban J connectivity index is 1.74. The summed E-state index contributed by atoms with van der Waals surface area (Å²) >= 11 is 1.18. The summed E-state index contributed by atoms with van der Waals surface area (Å²) in [7, 11) is 0. The lowest BCUT2D eigenvalue weighted by Gasteiger charge is -2.31. The van der Waals surface area contributed by atoms with E-state index < -0.39 is 29.7 Å². The van der Waals surface area contributed by atoms with Crippen molar-refractivity contribution >= 4 is 23.1 Å². The molecule has 34 heavy (non-hydrogen) atoms. The van der Waals surface area contributed by atoms with Crippen LogP contribution in [0.1, 0.15) is 11.8 Å². The van der Waals surface area contributed by atoms with E-state index in [1.807, 2.05) is 6.07 Å². The third-order valence-corrected chi connectivity index (χ3v) is 5.59. The van der Waals surface area contributed by atoms with Crippen LogP contribution in [0.15, 0.2) is 59.7 Å². The van der Waals surface area contributed by atoms with Gasteiger partial charge in [-0.05, 0) is 38.1 Å². The average Bonchev–Trinajstić information content (AvgIpc) is 3.14. The number of thiazole rings is 1. The molecule has 11 heteroatoms. The van der Waals surface area contributed by atoms with Gasteiger partial charge in [-0.25, -0.2) is 4.79 Å². The van der Waals surface area contributed by atoms with Crippen molar-refractivity contribution in [3.05, 3.63) is 64.4 Å². The number of ether oxygens (including phenoxy) is 2. The lowest BCUT2D eigenvalue weighted by molar-refractivity contribution is -0.391. The van der Waals surface area contributed by atoms with Gasteiger partial charge in [-0.15, -0.1) is 17.3 Å². The molecule has 176 valence electrons. The number of benzene rings is 2. The van der Waals surface area contributed by atoms with Gasteiger partial charge in [0.05, 0.1) is 12.2 Å². The molecule has 3 aromatic rings. The summed E-state index contributed by atoms with van der Waals surface area (Å²) in [6.07, 6.45) is -8.01. The van der Waals surface area contributed by atoms with E-state index in [1.165, 1.54) is 26.9 Å². The fraction of sp³-hybridized carbons (Fsp3) is 0.217. The average molecular weight is 491 g/mol. The van der Waals surface area contributed by atoms with Crippen LogP contribution in [0.3, 0.4) is 0 Å². The number of alkyl halides is 4. The molecule has 2 heterocycles. The first kappa shape index (κ1) is 23.4. The van der Waals surface area contributed by atoms with E-state index in [2.05, 4.69) is 26.3 Å². The lowest BCUT2D eigenvalue weighted by atomic mass is 10.2. The quantitative estimate of drug-likeness (QED) is 0.367. The van der Waals surface area contributed by atoms with E-state index >= 15 is 0 Å². The van der Waals surface area contributed by atoms with Crippen LogP contribution in [0, 0.1) is 18.8 Å². The van der Waals surface area contributed by atoms with E-state index in [0.29, 0.717) is 5.69 Å². The highest BCUT2D eigenvalue weighted by atomic mass is 32.1. The van der Waals surface area contributed by atoms with E-state index in [0.717, 1.165) is 17.0 Å². The van der Waals surface area contributed by atoms with Crippen LogP contribution in [0.2, 0.25) is 0 Å². The molecule has 1 aromatic heterocycles. The van der Waals surface area contributed by atoms with Crippen LogP contribution >= 0.6 is 11.3 Å². The molecule has 0 radical (unpaired) electrons. The Kier molecular flexibility index (Phi) is 6.10. The maximum Gasteiger partial charge on any atom is 0.507 e. The van der Waals surface area contributed by atoms with Crippen molar-refractivity contribution in [1.29, 1.82) is 0 Å². The zero-order valence-electron chi connectivity index (χ0n) is 17.9. The van der Waals surface area contributed by atoms with Gasteiger partial charge in [0, 0.05) is 22.8 Å². The maximum absolute atomic E-state index is 13.6. The molecule has 0 bridgehead atoms. The summed E-state index contributed by atoms with van der Waals surface area (Å²) in [6, 6.07) is 11.8. The van der Waals surface area contributed by atoms with E-state index in [4.69, 9.17) is 0 Å². The van der Waals surface area contributed by atoms with Gasteiger partial charge < -0.3 is 9.47 Å². The minimum atomic E-state index is -4.84. The molecule has 4 rings (SSSR count). The highest BCUT2D eigenvalue weighted by molar-refractivity contribution is 7.09. The van der Waals surface area contributed by atoms with Crippen LogP contribution in [-0.4, -0.2) is 29.4 Å². The van der Waals surface area contributed by atoms with Gasteiger partial charge >= 0.3 is 18.2 Å². The number of carbonyl (C=O) groups excluding carboxylic acids is 1. The molecule has 0 fully saturated rings. The number of anilines is 1. The number of nitrogens with zero attached hydrogens (tertiary/aromatic N) is 3. The van der Waals surface area contributed by atoms with Gasteiger partial charge in [0.15, 0.2) is 16.3 Å². The number of aromatic nitrogens is 1. The Bertz CT molecular complexity index is 1360. The summed E-state index contributed by atoms with van der Waals surface area (Å²) in [5, 5.41) is 0. The molecule has 0 unspecified atom stereocenters. The van der Waals surface area contributed by atoms with Gasteiger partial charge in [0.25, 0.3) is 0 Å². The Morgan fingerprint density at radius 2 is 1.76 bits per heavy atom. The normalized spacial score (nSPS) is 15.9. The monoisotopic (exact) mass is 491 g/mol. The minimum absolute atomic E-state index is 0.112. The SMILES string of the molecule is CC#CCN(C(=O)/N=c1\sc(C)cn1-c1ccc2c(c1)OC(F)(F)C(F)(F)O2)c1ccccc1. The third kappa shape index (κ3) is 4.49. The van der Waals surface area contributed by atoms with Gasteiger partial charge in [0.1, 0.15) is 0 Å². The molecule has 0 aliphatic carbocycles. The second-order valence-corrected chi connectivity index (χ2v) is 8.32. The second-order valence-electron chi connectivity index (χ2n) is 7.11. The highest BCUT2D eigenvalue weighted by Gasteiger charge is 2.65. The zero-order chi connectivity index (χ0) is 24.5.